The summed E-state index contributed by atoms with van der Waals surface area (Å²) in [4.78, 5) is 0. The van der Waals surface area contributed by atoms with Crippen molar-refractivity contribution in [3.63, 3.8) is 0 Å². The summed E-state index contributed by atoms with van der Waals surface area (Å²) >= 11 is 0. The molecule has 0 saturated heterocycles. The Morgan fingerprint density at radius 3 is 1.68 bits per heavy atom. The van der Waals surface area contributed by atoms with Crippen molar-refractivity contribution in [3.05, 3.63) is 47.5 Å². The van der Waals surface area contributed by atoms with E-state index in [-0.39, 0.29) is 29.3 Å². The summed E-state index contributed by atoms with van der Waals surface area (Å²) in [7, 11) is 2.98. The molecule has 0 aromatic heterocycles. The lowest BCUT2D eigenvalue weighted by atomic mass is 9.76. The van der Waals surface area contributed by atoms with Crippen LogP contribution in [0, 0.1) is 11.8 Å². The SMILES string of the molecule is COc1cc(C(c2ccc(O)c(OC)c2)[C@H](C)[C@H](C)CF)ccc1O. The van der Waals surface area contributed by atoms with Gasteiger partial charge in [0.1, 0.15) is 0 Å². The monoisotopic (exact) mass is 348 g/mol. The second kappa shape index (κ2) is 8.10. The molecule has 0 fully saturated rings. The Bertz CT molecular complexity index is 663. The number of methoxy groups -OCH3 is 2. The summed E-state index contributed by atoms with van der Waals surface area (Å²) in [6.07, 6.45) is 0. The molecule has 0 saturated carbocycles. The van der Waals surface area contributed by atoms with Crippen LogP contribution in [-0.4, -0.2) is 31.1 Å². The van der Waals surface area contributed by atoms with Crippen LogP contribution in [0.5, 0.6) is 23.0 Å². The Morgan fingerprint density at radius 2 is 1.32 bits per heavy atom. The van der Waals surface area contributed by atoms with Gasteiger partial charge < -0.3 is 19.7 Å². The average molecular weight is 348 g/mol. The quantitative estimate of drug-likeness (QED) is 0.774. The van der Waals surface area contributed by atoms with E-state index in [0.717, 1.165) is 11.1 Å². The van der Waals surface area contributed by atoms with E-state index in [1.165, 1.54) is 14.2 Å². The molecule has 2 N–H and O–H groups in total. The van der Waals surface area contributed by atoms with Crippen molar-refractivity contribution < 1.29 is 24.1 Å². The van der Waals surface area contributed by atoms with Gasteiger partial charge in [-0.3, -0.25) is 4.39 Å². The maximum atomic E-state index is 13.3. The first-order valence-corrected chi connectivity index (χ1v) is 8.22. The molecule has 0 radical (unpaired) electrons. The first-order chi connectivity index (χ1) is 11.9. The average Bonchev–Trinajstić information content (AvgIpc) is 2.63. The molecule has 0 amide bonds. The lowest BCUT2D eigenvalue weighted by Crippen LogP contribution is -2.20. The second-order valence-corrected chi connectivity index (χ2v) is 6.33. The molecule has 0 spiro atoms. The zero-order valence-electron chi connectivity index (χ0n) is 15.0. The molecule has 2 aromatic carbocycles. The largest absolute Gasteiger partial charge is 0.504 e. The zero-order chi connectivity index (χ0) is 18.6. The maximum Gasteiger partial charge on any atom is 0.160 e. The Hall–Kier alpha value is -2.43. The van der Waals surface area contributed by atoms with Crippen LogP contribution in [-0.2, 0) is 0 Å². The van der Waals surface area contributed by atoms with E-state index in [1.807, 2.05) is 26.0 Å². The lowest BCUT2D eigenvalue weighted by molar-refractivity contribution is 0.275. The van der Waals surface area contributed by atoms with Crippen LogP contribution >= 0.6 is 0 Å². The van der Waals surface area contributed by atoms with E-state index in [1.54, 1.807) is 24.3 Å². The van der Waals surface area contributed by atoms with E-state index in [2.05, 4.69) is 0 Å². The number of aromatic hydroxyl groups is 2. The highest BCUT2D eigenvalue weighted by Gasteiger charge is 2.27. The molecule has 2 rings (SSSR count). The third kappa shape index (κ3) is 3.98. The summed E-state index contributed by atoms with van der Waals surface area (Å²) < 4.78 is 23.7. The number of phenols is 2. The predicted octanol–water partition coefficient (Wildman–Crippen LogP) is 4.49. The van der Waals surface area contributed by atoms with Gasteiger partial charge in [0.15, 0.2) is 23.0 Å². The molecule has 2 aromatic rings. The van der Waals surface area contributed by atoms with Crippen molar-refractivity contribution in [2.75, 3.05) is 20.9 Å². The molecule has 25 heavy (non-hydrogen) atoms. The molecule has 4 nitrogen and oxygen atoms in total. The van der Waals surface area contributed by atoms with Crippen molar-refractivity contribution in [2.45, 2.75) is 19.8 Å². The van der Waals surface area contributed by atoms with Crippen molar-refractivity contribution in [2.24, 2.45) is 11.8 Å². The topological polar surface area (TPSA) is 58.9 Å². The van der Waals surface area contributed by atoms with Crippen molar-refractivity contribution >= 4 is 0 Å². The highest BCUT2D eigenvalue weighted by Crippen LogP contribution is 2.41. The van der Waals surface area contributed by atoms with Gasteiger partial charge >= 0.3 is 0 Å². The first-order valence-electron chi connectivity index (χ1n) is 8.22. The maximum absolute atomic E-state index is 13.3. The van der Waals surface area contributed by atoms with E-state index in [4.69, 9.17) is 9.47 Å². The summed E-state index contributed by atoms with van der Waals surface area (Å²) in [5.41, 5.74) is 1.80. The van der Waals surface area contributed by atoms with Crippen molar-refractivity contribution in [3.8, 4) is 23.0 Å². The minimum atomic E-state index is -0.428. The van der Waals surface area contributed by atoms with E-state index < -0.39 is 6.67 Å². The van der Waals surface area contributed by atoms with Crippen LogP contribution in [0.2, 0.25) is 0 Å². The minimum Gasteiger partial charge on any atom is -0.504 e. The van der Waals surface area contributed by atoms with E-state index in [9.17, 15) is 14.6 Å². The molecule has 0 heterocycles. The summed E-state index contributed by atoms with van der Waals surface area (Å²) in [6, 6.07) is 10.3. The van der Waals surface area contributed by atoms with E-state index in [0.29, 0.717) is 11.5 Å². The fourth-order valence-corrected chi connectivity index (χ4v) is 3.04. The summed E-state index contributed by atoms with van der Waals surface area (Å²) in [5.74, 6) is 0.522. The van der Waals surface area contributed by atoms with E-state index >= 15 is 0 Å². The number of halogens is 1. The van der Waals surface area contributed by atoms with Gasteiger partial charge in [0.05, 0.1) is 20.9 Å². The molecule has 0 bridgehead atoms. The van der Waals surface area contributed by atoms with Gasteiger partial charge in [-0.1, -0.05) is 26.0 Å². The van der Waals surface area contributed by atoms with Crippen LogP contribution in [0.25, 0.3) is 0 Å². The highest BCUT2D eigenvalue weighted by atomic mass is 19.1. The normalized spacial score (nSPS) is 13.5. The molecule has 136 valence electrons. The highest BCUT2D eigenvalue weighted by molar-refractivity contribution is 5.49. The Morgan fingerprint density at radius 1 is 0.880 bits per heavy atom. The van der Waals surface area contributed by atoms with Crippen LogP contribution < -0.4 is 9.47 Å². The number of hydrogen-bond donors (Lipinski definition) is 2. The molecular formula is C20H25FO4. The Labute approximate surface area is 147 Å². The van der Waals surface area contributed by atoms with Crippen LogP contribution in [0.3, 0.4) is 0 Å². The molecule has 0 aliphatic carbocycles. The van der Waals surface area contributed by atoms with Gasteiger partial charge in [0, 0.05) is 5.92 Å². The number of phenolic OH excluding ortho intramolecular Hbond substituents is 2. The van der Waals surface area contributed by atoms with Gasteiger partial charge in [-0.2, -0.15) is 0 Å². The first kappa shape index (κ1) is 18.9. The smallest absolute Gasteiger partial charge is 0.160 e. The van der Waals surface area contributed by atoms with Crippen molar-refractivity contribution in [1.82, 2.24) is 0 Å². The zero-order valence-corrected chi connectivity index (χ0v) is 15.0. The van der Waals surface area contributed by atoms with Gasteiger partial charge in [0.25, 0.3) is 0 Å². The number of ether oxygens (including phenoxy) is 2. The van der Waals surface area contributed by atoms with Crippen molar-refractivity contribution in [1.29, 1.82) is 0 Å². The third-order valence-electron chi connectivity index (χ3n) is 4.79. The number of alkyl halides is 1. The standard InChI is InChI=1S/C20H25FO4/c1-12(11-21)13(2)20(14-5-7-16(22)18(9-14)24-3)15-6-8-17(23)19(10-15)25-4/h5-10,12-13,20,22-23H,11H2,1-4H3/t12-,13-/m1/s1. The third-order valence-corrected chi connectivity index (χ3v) is 4.79. The summed E-state index contributed by atoms with van der Waals surface area (Å²) in [5, 5.41) is 19.7. The van der Waals surface area contributed by atoms with Crippen LogP contribution in [0.4, 0.5) is 4.39 Å². The number of hydrogen-bond acceptors (Lipinski definition) is 4. The molecule has 5 heteroatoms. The van der Waals surface area contributed by atoms with Gasteiger partial charge in [-0.05, 0) is 47.2 Å². The van der Waals surface area contributed by atoms with Crippen LogP contribution in [0.15, 0.2) is 36.4 Å². The van der Waals surface area contributed by atoms with Crippen LogP contribution in [0.1, 0.15) is 30.9 Å². The second-order valence-electron chi connectivity index (χ2n) is 6.33. The summed E-state index contributed by atoms with van der Waals surface area (Å²) in [6.45, 7) is 3.43. The van der Waals surface area contributed by atoms with Gasteiger partial charge in [0.2, 0.25) is 0 Å². The lowest BCUT2D eigenvalue weighted by Gasteiger charge is -2.29. The molecule has 0 aliphatic heterocycles. The Balaban J connectivity index is 2.57. The fourth-order valence-electron chi connectivity index (χ4n) is 3.04. The number of benzene rings is 2. The van der Waals surface area contributed by atoms with Gasteiger partial charge in [-0.15, -0.1) is 0 Å². The minimum absolute atomic E-state index is 0.0199. The van der Waals surface area contributed by atoms with Gasteiger partial charge in [-0.25, -0.2) is 0 Å². The molecule has 0 aliphatic rings. The fraction of sp³-hybridized carbons (Fsp3) is 0.400. The predicted molar refractivity (Wildman–Crippen MR) is 95.5 cm³/mol. The molecular weight excluding hydrogens is 323 g/mol. The molecule has 2 atom stereocenters. The number of rotatable bonds is 7. The molecule has 0 unspecified atom stereocenters. The Kier molecular flexibility index (Phi) is 6.12.